The number of alkyl halides is 2. The van der Waals surface area contributed by atoms with Crippen molar-refractivity contribution < 1.29 is 23.4 Å². The van der Waals surface area contributed by atoms with E-state index in [2.05, 4.69) is 10.00 Å². The van der Waals surface area contributed by atoms with Crippen molar-refractivity contribution >= 4 is 5.97 Å². The molecule has 4 rings (SSSR count). The Morgan fingerprint density at radius 1 is 1.06 bits per heavy atom. The molecule has 0 saturated carbocycles. The van der Waals surface area contributed by atoms with Crippen LogP contribution >= 0.6 is 0 Å². The zero-order valence-electron chi connectivity index (χ0n) is 19.6. The Labute approximate surface area is 197 Å². The highest BCUT2D eigenvalue weighted by molar-refractivity contribution is 5.76. The molecule has 0 amide bonds. The van der Waals surface area contributed by atoms with Crippen molar-refractivity contribution in [1.82, 2.24) is 14.7 Å². The van der Waals surface area contributed by atoms with Gasteiger partial charge in [0.05, 0.1) is 11.9 Å². The number of nitrogens with zero attached hydrogens (tertiary/aromatic N) is 3. The number of ether oxygens (including phenoxy) is 1. The molecule has 0 radical (unpaired) electrons. The van der Waals surface area contributed by atoms with Crippen molar-refractivity contribution in [1.29, 1.82) is 0 Å². The summed E-state index contributed by atoms with van der Waals surface area (Å²) in [6, 6.07) is 12.0. The van der Waals surface area contributed by atoms with Crippen LogP contribution in [0.5, 0.6) is 5.75 Å². The van der Waals surface area contributed by atoms with E-state index in [0.717, 1.165) is 50.7 Å². The first-order valence-electron chi connectivity index (χ1n) is 11.3. The van der Waals surface area contributed by atoms with Crippen LogP contribution in [0.3, 0.4) is 0 Å². The van der Waals surface area contributed by atoms with E-state index < -0.39 is 17.5 Å². The van der Waals surface area contributed by atoms with Crippen LogP contribution in [0.4, 0.5) is 8.78 Å². The number of aliphatic carboxylic acids is 1. The average molecular weight is 470 g/mol. The highest BCUT2D eigenvalue weighted by atomic mass is 19.3. The summed E-state index contributed by atoms with van der Waals surface area (Å²) >= 11 is 0. The molecule has 0 aliphatic carbocycles. The summed E-state index contributed by atoms with van der Waals surface area (Å²) in [4.78, 5) is 13.7. The van der Waals surface area contributed by atoms with Crippen LogP contribution in [0, 0.1) is 0 Å². The highest BCUT2D eigenvalue weighted by Gasteiger charge is 2.29. The normalized spacial score (nSPS) is 15.0. The van der Waals surface area contributed by atoms with Crippen LogP contribution < -0.4 is 4.74 Å². The van der Waals surface area contributed by atoms with Crippen molar-refractivity contribution in [2.45, 2.75) is 51.7 Å². The number of carboxylic acid groups (broad SMARTS) is 1. The van der Waals surface area contributed by atoms with Gasteiger partial charge in [-0.1, -0.05) is 18.2 Å². The Balaban J connectivity index is 1.39. The summed E-state index contributed by atoms with van der Waals surface area (Å²) in [6.45, 7) is 6.43. The summed E-state index contributed by atoms with van der Waals surface area (Å²) in [7, 11) is 0. The fourth-order valence-corrected chi connectivity index (χ4v) is 4.06. The number of carbonyl (C=O) groups is 1. The van der Waals surface area contributed by atoms with Crippen LogP contribution in [-0.2, 0) is 30.1 Å². The topological polar surface area (TPSA) is 67.6 Å². The Kier molecular flexibility index (Phi) is 6.45. The Bertz CT molecular complexity index is 1170. The molecule has 1 N–H and O–H groups in total. The SMILES string of the molecule is CC(C)(Oc1ccc2c(c1)CCN(Cc1cnn(-c3ccc(C(C)(F)F)cc3)c1)CC2)C(=O)O. The molecule has 1 aliphatic heterocycles. The molecule has 6 nitrogen and oxygen atoms in total. The number of benzene rings is 2. The fourth-order valence-electron chi connectivity index (χ4n) is 4.06. The lowest BCUT2D eigenvalue weighted by Gasteiger charge is -2.22. The van der Waals surface area contributed by atoms with Gasteiger partial charge in [-0.25, -0.2) is 18.3 Å². The maximum absolute atomic E-state index is 13.5. The molecule has 2 aromatic carbocycles. The smallest absolute Gasteiger partial charge is 0.347 e. The summed E-state index contributed by atoms with van der Waals surface area (Å²) in [6.07, 6.45) is 5.46. The number of carboxylic acids is 1. The van der Waals surface area contributed by atoms with Crippen molar-refractivity contribution in [3.05, 3.63) is 77.1 Å². The van der Waals surface area contributed by atoms with E-state index in [-0.39, 0.29) is 5.56 Å². The molecule has 0 unspecified atom stereocenters. The standard InChI is InChI=1S/C26H29F2N3O3/c1-25(2,24(32)33)34-23-9-4-19-10-12-30(13-11-20(19)14-23)16-18-15-29-31(17-18)22-7-5-21(6-8-22)26(3,27)28/h4-9,14-15,17H,10-13,16H2,1-3H3,(H,32,33). The number of rotatable bonds is 7. The van der Waals surface area contributed by atoms with Gasteiger partial charge in [0.2, 0.25) is 0 Å². The highest BCUT2D eigenvalue weighted by Crippen LogP contribution is 2.28. The Morgan fingerprint density at radius 3 is 2.38 bits per heavy atom. The van der Waals surface area contributed by atoms with E-state index in [1.165, 1.54) is 37.1 Å². The minimum Gasteiger partial charge on any atom is -0.478 e. The summed E-state index contributed by atoms with van der Waals surface area (Å²) in [5.74, 6) is -3.31. The summed E-state index contributed by atoms with van der Waals surface area (Å²) < 4.78 is 34.3. The van der Waals surface area contributed by atoms with Gasteiger partial charge in [-0.2, -0.15) is 5.10 Å². The Hall–Kier alpha value is -3.26. The molecular formula is C26H29F2N3O3. The van der Waals surface area contributed by atoms with E-state index in [0.29, 0.717) is 5.75 Å². The molecule has 8 heteroatoms. The second kappa shape index (κ2) is 9.18. The van der Waals surface area contributed by atoms with E-state index in [9.17, 15) is 18.7 Å². The summed E-state index contributed by atoms with van der Waals surface area (Å²) in [5.41, 5.74) is 2.88. The average Bonchev–Trinajstić information content (AvgIpc) is 3.15. The second-order valence-corrected chi connectivity index (χ2v) is 9.35. The molecule has 0 bridgehead atoms. The van der Waals surface area contributed by atoms with Crippen molar-refractivity contribution in [3.8, 4) is 11.4 Å². The zero-order chi connectivity index (χ0) is 24.5. The minimum absolute atomic E-state index is 0.0205. The lowest BCUT2D eigenvalue weighted by Crippen LogP contribution is -2.37. The number of hydrogen-bond acceptors (Lipinski definition) is 4. The van der Waals surface area contributed by atoms with E-state index in [1.54, 1.807) is 23.0 Å². The predicted octanol–water partition coefficient (Wildman–Crippen LogP) is 4.83. The largest absolute Gasteiger partial charge is 0.478 e. The van der Waals surface area contributed by atoms with Crippen molar-refractivity contribution in [2.24, 2.45) is 0 Å². The zero-order valence-corrected chi connectivity index (χ0v) is 19.6. The van der Waals surface area contributed by atoms with Crippen molar-refractivity contribution in [3.63, 3.8) is 0 Å². The van der Waals surface area contributed by atoms with Gasteiger partial charge in [0.15, 0.2) is 5.60 Å². The van der Waals surface area contributed by atoms with E-state index in [1.807, 2.05) is 24.4 Å². The number of aromatic nitrogens is 2. The first-order chi connectivity index (χ1) is 16.0. The molecule has 0 fully saturated rings. The Morgan fingerprint density at radius 2 is 1.74 bits per heavy atom. The fraction of sp³-hybridized carbons (Fsp3) is 0.385. The van der Waals surface area contributed by atoms with Crippen LogP contribution in [0.25, 0.3) is 5.69 Å². The van der Waals surface area contributed by atoms with Gasteiger partial charge in [0.25, 0.3) is 5.92 Å². The first-order valence-corrected chi connectivity index (χ1v) is 11.3. The van der Waals surface area contributed by atoms with Gasteiger partial charge < -0.3 is 9.84 Å². The molecular weight excluding hydrogens is 440 g/mol. The third kappa shape index (κ3) is 5.44. The summed E-state index contributed by atoms with van der Waals surface area (Å²) in [5, 5.41) is 13.7. The molecule has 34 heavy (non-hydrogen) atoms. The number of hydrogen-bond donors (Lipinski definition) is 1. The van der Waals surface area contributed by atoms with E-state index in [4.69, 9.17) is 4.74 Å². The van der Waals surface area contributed by atoms with Crippen LogP contribution in [0.15, 0.2) is 54.9 Å². The quantitative estimate of drug-likeness (QED) is 0.537. The molecule has 1 aromatic heterocycles. The maximum Gasteiger partial charge on any atom is 0.347 e. The van der Waals surface area contributed by atoms with E-state index >= 15 is 0 Å². The third-order valence-corrected chi connectivity index (χ3v) is 6.14. The van der Waals surface area contributed by atoms with Gasteiger partial charge in [0.1, 0.15) is 5.75 Å². The van der Waals surface area contributed by atoms with Gasteiger partial charge in [-0.05, 0) is 62.1 Å². The van der Waals surface area contributed by atoms with Crippen molar-refractivity contribution in [2.75, 3.05) is 13.1 Å². The van der Waals surface area contributed by atoms with Crippen LogP contribution in [-0.4, -0.2) is 44.4 Å². The van der Waals surface area contributed by atoms with Crippen LogP contribution in [0.1, 0.15) is 43.0 Å². The van der Waals surface area contributed by atoms with Gasteiger partial charge in [0, 0.05) is 43.9 Å². The van der Waals surface area contributed by atoms with Gasteiger partial charge in [-0.3, -0.25) is 4.90 Å². The lowest BCUT2D eigenvalue weighted by atomic mass is 10.0. The lowest BCUT2D eigenvalue weighted by molar-refractivity contribution is -0.152. The maximum atomic E-state index is 13.5. The molecule has 0 spiro atoms. The molecule has 180 valence electrons. The van der Waals surface area contributed by atoms with Gasteiger partial charge >= 0.3 is 5.97 Å². The predicted molar refractivity (Wildman–Crippen MR) is 125 cm³/mol. The third-order valence-electron chi connectivity index (χ3n) is 6.14. The molecule has 1 aliphatic rings. The molecule has 2 heterocycles. The molecule has 3 aromatic rings. The number of fused-ring (bicyclic) bond motifs is 1. The molecule has 0 atom stereocenters. The number of halogens is 2. The monoisotopic (exact) mass is 469 g/mol. The second-order valence-electron chi connectivity index (χ2n) is 9.35. The van der Waals surface area contributed by atoms with Crippen LogP contribution in [0.2, 0.25) is 0 Å². The van der Waals surface area contributed by atoms with Gasteiger partial charge in [-0.15, -0.1) is 0 Å². The first kappa shape index (κ1) is 23.9. The minimum atomic E-state index is -2.86. The molecule has 0 saturated heterocycles.